The van der Waals surface area contributed by atoms with Gasteiger partial charge < -0.3 is 10.2 Å². The van der Waals surface area contributed by atoms with Gasteiger partial charge in [-0.15, -0.1) is 0 Å². The molecule has 1 N–H and O–H groups in total. The number of hydrogen-bond donors (Lipinski definition) is 1. The zero-order valence-electron chi connectivity index (χ0n) is 14.8. The van der Waals surface area contributed by atoms with Crippen LogP contribution in [0.4, 0.5) is 11.4 Å². The van der Waals surface area contributed by atoms with Crippen LogP contribution < -0.4 is 10.2 Å². The molecule has 2 aromatic carbocycles. The van der Waals surface area contributed by atoms with E-state index in [0.29, 0.717) is 5.69 Å². The normalized spacial score (nSPS) is 16.6. The van der Waals surface area contributed by atoms with Crippen molar-refractivity contribution < 1.29 is 9.59 Å². The number of benzene rings is 2. The van der Waals surface area contributed by atoms with Gasteiger partial charge in [-0.2, -0.15) is 0 Å². The molecule has 1 unspecified atom stereocenters. The van der Waals surface area contributed by atoms with Crippen molar-refractivity contribution >= 4 is 45.9 Å². The molecular formula is C20H18N4O2S. The van der Waals surface area contributed by atoms with E-state index in [9.17, 15) is 9.59 Å². The van der Waals surface area contributed by atoms with E-state index >= 15 is 0 Å². The Bertz CT molecular complexity index is 1020. The molecule has 0 fully saturated rings. The van der Waals surface area contributed by atoms with Crippen LogP contribution in [0.1, 0.15) is 13.3 Å². The second kappa shape index (κ2) is 7.36. The summed E-state index contributed by atoms with van der Waals surface area (Å²) in [7, 11) is 0. The van der Waals surface area contributed by atoms with E-state index in [-0.39, 0.29) is 30.0 Å². The third-order valence-corrected chi connectivity index (χ3v) is 5.46. The average molecular weight is 378 g/mol. The molecule has 0 bridgehead atoms. The number of nitrogens with zero attached hydrogens (tertiary/aromatic N) is 3. The molecule has 0 saturated heterocycles. The summed E-state index contributed by atoms with van der Waals surface area (Å²) in [4.78, 5) is 35.4. The summed E-state index contributed by atoms with van der Waals surface area (Å²) >= 11 is 1.39. The van der Waals surface area contributed by atoms with Crippen LogP contribution in [0.25, 0.3) is 10.9 Å². The monoisotopic (exact) mass is 378 g/mol. The van der Waals surface area contributed by atoms with Crippen LogP contribution in [0.15, 0.2) is 59.9 Å². The van der Waals surface area contributed by atoms with Gasteiger partial charge in [0, 0.05) is 17.8 Å². The van der Waals surface area contributed by atoms with E-state index in [0.717, 1.165) is 21.6 Å². The fraction of sp³-hybridized carbons (Fsp3) is 0.200. The number of thioether (sulfide) groups is 1. The molecular weight excluding hydrogens is 360 g/mol. The highest BCUT2D eigenvalue weighted by Gasteiger charge is 2.29. The molecule has 0 saturated carbocycles. The van der Waals surface area contributed by atoms with Crippen LogP contribution in [0.2, 0.25) is 0 Å². The number of para-hydroxylation sites is 3. The number of aromatic nitrogens is 2. The third kappa shape index (κ3) is 3.50. The highest BCUT2D eigenvalue weighted by Crippen LogP contribution is 2.32. The Morgan fingerprint density at radius 2 is 1.96 bits per heavy atom. The number of nitrogens with one attached hydrogen (secondary N) is 1. The third-order valence-electron chi connectivity index (χ3n) is 4.47. The molecule has 1 aliphatic heterocycles. The molecule has 0 aliphatic carbocycles. The van der Waals surface area contributed by atoms with Crippen molar-refractivity contribution in [3.63, 3.8) is 0 Å². The molecule has 0 radical (unpaired) electrons. The minimum Gasteiger partial charge on any atom is -0.324 e. The molecule has 1 aromatic heterocycles. The lowest BCUT2D eigenvalue weighted by Gasteiger charge is -2.27. The van der Waals surface area contributed by atoms with Gasteiger partial charge in [0.05, 0.1) is 22.6 Å². The number of fused-ring (bicyclic) bond motifs is 2. The number of anilines is 2. The van der Waals surface area contributed by atoms with Gasteiger partial charge in [-0.1, -0.05) is 42.1 Å². The van der Waals surface area contributed by atoms with Crippen LogP contribution >= 0.6 is 11.8 Å². The first-order valence-electron chi connectivity index (χ1n) is 8.67. The lowest BCUT2D eigenvalue weighted by Crippen LogP contribution is -2.40. The van der Waals surface area contributed by atoms with Gasteiger partial charge in [0.2, 0.25) is 11.8 Å². The fourth-order valence-corrected chi connectivity index (χ4v) is 4.11. The minimum atomic E-state index is -0.219. The van der Waals surface area contributed by atoms with Gasteiger partial charge in [0.1, 0.15) is 11.4 Å². The first kappa shape index (κ1) is 17.5. The van der Waals surface area contributed by atoms with Crippen molar-refractivity contribution in [2.45, 2.75) is 24.4 Å². The first-order valence-corrected chi connectivity index (χ1v) is 9.65. The van der Waals surface area contributed by atoms with E-state index in [2.05, 4.69) is 15.3 Å². The minimum absolute atomic E-state index is 0.0563. The van der Waals surface area contributed by atoms with Gasteiger partial charge >= 0.3 is 0 Å². The van der Waals surface area contributed by atoms with Crippen molar-refractivity contribution in [3.8, 4) is 0 Å². The maximum absolute atomic E-state index is 13.1. The van der Waals surface area contributed by atoms with Crippen molar-refractivity contribution in [1.29, 1.82) is 0 Å². The number of hydrogen-bond acceptors (Lipinski definition) is 5. The summed E-state index contributed by atoms with van der Waals surface area (Å²) in [5, 5.41) is 4.58. The molecule has 0 spiro atoms. The van der Waals surface area contributed by atoms with Crippen molar-refractivity contribution in [2.75, 3.05) is 16.0 Å². The van der Waals surface area contributed by atoms with Crippen LogP contribution in [0, 0.1) is 0 Å². The molecule has 7 heteroatoms. The van der Waals surface area contributed by atoms with E-state index in [1.807, 2.05) is 55.5 Å². The highest BCUT2D eigenvalue weighted by atomic mass is 32.2. The van der Waals surface area contributed by atoms with Gasteiger partial charge in [0.25, 0.3) is 0 Å². The number of carbonyl (C=O) groups is 2. The summed E-state index contributed by atoms with van der Waals surface area (Å²) in [5.41, 5.74) is 2.25. The van der Waals surface area contributed by atoms with Crippen LogP contribution in [-0.4, -0.2) is 33.6 Å². The smallest absolute Gasteiger partial charge is 0.237 e. The second-order valence-electron chi connectivity index (χ2n) is 6.37. The zero-order valence-corrected chi connectivity index (χ0v) is 15.6. The summed E-state index contributed by atoms with van der Waals surface area (Å²) in [5.74, 6) is 0.0901. The second-order valence-corrected chi connectivity index (χ2v) is 7.33. The SMILES string of the molecule is CC1CC(=O)Nc2ccccc2N1C(=O)CSc1ncnc2ccccc12. The topological polar surface area (TPSA) is 75.2 Å². The van der Waals surface area contributed by atoms with Gasteiger partial charge in [-0.25, -0.2) is 9.97 Å². The van der Waals surface area contributed by atoms with Crippen molar-refractivity contribution in [2.24, 2.45) is 0 Å². The summed E-state index contributed by atoms with van der Waals surface area (Å²) < 4.78 is 0. The van der Waals surface area contributed by atoms with Gasteiger partial charge in [-0.05, 0) is 25.1 Å². The molecule has 27 heavy (non-hydrogen) atoms. The molecule has 1 aliphatic rings. The van der Waals surface area contributed by atoms with Gasteiger partial charge in [0.15, 0.2) is 0 Å². The van der Waals surface area contributed by atoms with Crippen molar-refractivity contribution in [1.82, 2.24) is 9.97 Å². The molecule has 2 amide bonds. The Morgan fingerprint density at radius 1 is 1.19 bits per heavy atom. The first-order chi connectivity index (χ1) is 13.1. The fourth-order valence-electron chi connectivity index (χ4n) is 3.26. The standard InChI is InChI=1S/C20H18N4O2S/c1-13-10-18(25)23-16-8-4-5-9-17(16)24(13)19(26)11-27-20-14-6-2-3-7-15(14)21-12-22-20/h2-9,12-13H,10-11H2,1H3,(H,23,25). The Kier molecular flexibility index (Phi) is 4.77. The Hall–Kier alpha value is -2.93. The zero-order chi connectivity index (χ0) is 18.8. The van der Waals surface area contributed by atoms with Crippen LogP contribution in [0.3, 0.4) is 0 Å². The van der Waals surface area contributed by atoms with Crippen LogP contribution in [0.5, 0.6) is 0 Å². The largest absolute Gasteiger partial charge is 0.324 e. The summed E-state index contributed by atoms with van der Waals surface area (Å²) in [6, 6.07) is 14.9. The van der Waals surface area contributed by atoms with Crippen LogP contribution in [-0.2, 0) is 9.59 Å². The van der Waals surface area contributed by atoms with E-state index in [1.54, 1.807) is 4.90 Å². The Labute approximate surface area is 161 Å². The van der Waals surface area contributed by atoms with E-state index in [1.165, 1.54) is 18.1 Å². The number of amides is 2. The molecule has 3 aromatic rings. The lowest BCUT2D eigenvalue weighted by atomic mass is 10.2. The predicted octanol–water partition coefficient (Wildman–Crippen LogP) is 3.49. The molecule has 1 atom stereocenters. The number of rotatable bonds is 3. The molecule has 2 heterocycles. The maximum Gasteiger partial charge on any atom is 0.237 e. The Balaban J connectivity index is 1.59. The lowest BCUT2D eigenvalue weighted by molar-refractivity contribution is -0.117. The average Bonchev–Trinajstić information content (AvgIpc) is 2.80. The quantitative estimate of drug-likeness (QED) is 0.558. The van der Waals surface area contributed by atoms with E-state index in [4.69, 9.17) is 0 Å². The number of carbonyl (C=O) groups excluding carboxylic acids is 2. The molecule has 4 rings (SSSR count). The van der Waals surface area contributed by atoms with Gasteiger partial charge in [-0.3, -0.25) is 9.59 Å². The van der Waals surface area contributed by atoms with Crippen molar-refractivity contribution in [3.05, 3.63) is 54.9 Å². The molecule has 136 valence electrons. The summed E-state index contributed by atoms with van der Waals surface area (Å²) in [6.07, 6.45) is 1.78. The van der Waals surface area contributed by atoms with E-state index < -0.39 is 0 Å². The summed E-state index contributed by atoms with van der Waals surface area (Å²) in [6.45, 7) is 1.89. The maximum atomic E-state index is 13.1. The Morgan fingerprint density at radius 3 is 2.85 bits per heavy atom. The highest BCUT2D eigenvalue weighted by molar-refractivity contribution is 8.00. The predicted molar refractivity (Wildman–Crippen MR) is 107 cm³/mol. The molecule has 6 nitrogen and oxygen atoms in total.